The van der Waals surface area contributed by atoms with Gasteiger partial charge in [-0.05, 0) is 110 Å². The van der Waals surface area contributed by atoms with Crippen LogP contribution in [0.3, 0.4) is 0 Å². The molecule has 1 N–H and O–H groups in total. The number of aliphatic hydroxyl groups is 1. The average molecular weight is 589 g/mol. The SMILES string of the molecule is CC[C@@H]1C2C[C@H](OC(C)=O)CC[C@]2(C)C2CC[C@@]3(C)C(CC[C@@H]3[C@H](C)C(C)CCOI)C2[C@@H]1O. The highest BCUT2D eigenvalue weighted by atomic mass is 127. The highest BCUT2D eigenvalue weighted by molar-refractivity contribution is 14.1. The first-order chi connectivity index (χ1) is 16.1. The van der Waals surface area contributed by atoms with Gasteiger partial charge in [-0.1, -0.05) is 41.0 Å². The molecule has 4 rings (SSSR count). The topological polar surface area (TPSA) is 55.8 Å². The van der Waals surface area contributed by atoms with Gasteiger partial charge in [-0.15, -0.1) is 0 Å². The fourth-order valence-electron chi connectivity index (χ4n) is 10.1. The Kier molecular flexibility index (Phi) is 8.37. The monoisotopic (exact) mass is 588 g/mol. The number of esters is 1. The lowest BCUT2D eigenvalue weighted by Crippen LogP contribution is -2.62. The number of carbonyl (C=O) groups excluding carboxylic acids is 1. The van der Waals surface area contributed by atoms with Gasteiger partial charge in [0.05, 0.1) is 12.7 Å². The number of hydrogen-bond acceptors (Lipinski definition) is 4. The molecule has 0 aliphatic heterocycles. The summed E-state index contributed by atoms with van der Waals surface area (Å²) < 4.78 is 11.1. The van der Waals surface area contributed by atoms with Crippen LogP contribution in [0.25, 0.3) is 0 Å². The molecule has 5 unspecified atom stereocenters. The lowest BCUT2D eigenvalue weighted by molar-refractivity contribution is -0.207. The molecular weight excluding hydrogens is 539 g/mol. The molecule has 0 saturated heterocycles. The van der Waals surface area contributed by atoms with E-state index in [1.165, 1.54) is 32.6 Å². The van der Waals surface area contributed by atoms with Crippen LogP contribution in [0.15, 0.2) is 0 Å². The van der Waals surface area contributed by atoms with Crippen molar-refractivity contribution in [2.24, 2.45) is 58.2 Å². The Hall–Kier alpha value is 0.120. The molecule has 0 heterocycles. The zero-order chi connectivity index (χ0) is 24.8. The molecule has 196 valence electrons. The average Bonchev–Trinajstić information content (AvgIpc) is 3.14. The van der Waals surface area contributed by atoms with E-state index in [1.807, 2.05) is 23.0 Å². The predicted molar refractivity (Wildman–Crippen MR) is 144 cm³/mol. The third-order valence-corrected chi connectivity index (χ3v) is 12.4. The second-order valence-corrected chi connectivity index (χ2v) is 13.8. The van der Waals surface area contributed by atoms with Crippen LogP contribution in [0.4, 0.5) is 0 Å². The second-order valence-electron chi connectivity index (χ2n) is 13.1. The van der Waals surface area contributed by atoms with E-state index in [1.54, 1.807) is 0 Å². The number of rotatable bonds is 7. The van der Waals surface area contributed by atoms with Crippen molar-refractivity contribution in [1.29, 1.82) is 0 Å². The van der Waals surface area contributed by atoms with Gasteiger partial charge in [0.2, 0.25) is 0 Å². The largest absolute Gasteiger partial charge is 0.463 e. The molecule has 5 heteroatoms. The first-order valence-corrected chi connectivity index (χ1v) is 15.0. The van der Waals surface area contributed by atoms with Gasteiger partial charge in [-0.3, -0.25) is 4.79 Å². The van der Waals surface area contributed by atoms with Gasteiger partial charge in [0.25, 0.3) is 0 Å². The van der Waals surface area contributed by atoms with E-state index >= 15 is 0 Å². The van der Waals surface area contributed by atoms with Crippen LogP contribution in [0, 0.1) is 58.2 Å². The fraction of sp³-hybridized carbons (Fsp3) is 0.966. The molecule has 0 bridgehead atoms. The number of hydrogen-bond donors (Lipinski definition) is 1. The normalized spacial score (nSPS) is 47.8. The van der Waals surface area contributed by atoms with Crippen LogP contribution < -0.4 is 0 Å². The quantitative estimate of drug-likeness (QED) is 0.252. The lowest BCUT2D eigenvalue weighted by atomic mass is 9.41. The van der Waals surface area contributed by atoms with E-state index in [0.29, 0.717) is 46.8 Å². The molecule has 34 heavy (non-hydrogen) atoms. The minimum Gasteiger partial charge on any atom is -0.463 e. The summed E-state index contributed by atoms with van der Waals surface area (Å²) in [6.45, 7) is 14.7. The van der Waals surface area contributed by atoms with Crippen LogP contribution in [0.5, 0.6) is 0 Å². The number of halogens is 1. The summed E-state index contributed by atoms with van der Waals surface area (Å²) in [6.07, 6.45) is 10.2. The molecule has 4 nitrogen and oxygen atoms in total. The lowest BCUT2D eigenvalue weighted by Gasteiger charge is -2.65. The summed E-state index contributed by atoms with van der Waals surface area (Å²) in [5.41, 5.74) is 0.606. The summed E-state index contributed by atoms with van der Waals surface area (Å²) in [6, 6.07) is 0. The molecule has 4 fully saturated rings. The Bertz CT molecular complexity index is 729. The fourth-order valence-corrected chi connectivity index (χ4v) is 10.3. The number of aliphatic hydroxyl groups excluding tert-OH is 1. The summed E-state index contributed by atoms with van der Waals surface area (Å²) in [7, 11) is 0. The van der Waals surface area contributed by atoms with E-state index in [9.17, 15) is 9.90 Å². The van der Waals surface area contributed by atoms with Gasteiger partial charge >= 0.3 is 5.97 Å². The summed E-state index contributed by atoms with van der Waals surface area (Å²) >= 11 is 2.02. The molecule has 0 aromatic rings. The zero-order valence-corrected chi connectivity index (χ0v) is 24.6. The van der Waals surface area contributed by atoms with Gasteiger partial charge in [-0.2, -0.15) is 0 Å². The molecule has 4 aliphatic rings. The Morgan fingerprint density at radius 1 is 1.06 bits per heavy atom. The van der Waals surface area contributed by atoms with Gasteiger partial charge < -0.3 is 12.9 Å². The molecule has 4 aliphatic carbocycles. The smallest absolute Gasteiger partial charge is 0.302 e. The van der Waals surface area contributed by atoms with E-state index in [2.05, 4.69) is 34.6 Å². The molecule has 12 atom stereocenters. The summed E-state index contributed by atoms with van der Waals surface area (Å²) in [5, 5.41) is 12.0. The first-order valence-electron chi connectivity index (χ1n) is 14.2. The molecule has 0 aromatic carbocycles. The number of fused-ring (bicyclic) bond motifs is 5. The van der Waals surface area contributed by atoms with Crippen LogP contribution in [0.1, 0.15) is 99.3 Å². The third kappa shape index (κ3) is 4.50. The first kappa shape index (κ1) is 27.2. The summed E-state index contributed by atoms with van der Waals surface area (Å²) in [5.74, 6) is 4.42. The maximum Gasteiger partial charge on any atom is 0.302 e. The Morgan fingerprint density at radius 2 is 1.74 bits per heavy atom. The van der Waals surface area contributed by atoms with Crippen LogP contribution in [0.2, 0.25) is 0 Å². The molecule has 0 spiro atoms. The van der Waals surface area contributed by atoms with Gasteiger partial charge in [-0.25, -0.2) is 0 Å². The van der Waals surface area contributed by atoms with Crippen molar-refractivity contribution >= 4 is 29.0 Å². The van der Waals surface area contributed by atoms with E-state index in [-0.39, 0.29) is 23.6 Å². The second kappa shape index (κ2) is 10.5. The maximum absolute atomic E-state index is 12.0. The van der Waals surface area contributed by atoms with Gasteiger partial charge in [0.1, 0.15) is 29.1 Å². The standard InChI is InChI=1S/C29H49IO4/c1-7-21-25-16-20(34-19(4)31)10-13-29(25,6)24-11-14-28(5)22(18(3)17(2)12-15-33-30)8-9-23(28)26(24)27(21)32/h17-18,20-27,32H,7-16H2,1-6H3/t17?,18-,20-,21-,22-,23?,24?,25?,26?,27-,28-,29-/m1/s1. The maximum atomic E-state index is 12.0. The van der Waals surface area contributed by atoms with E-state index in [0.717, 1.165) is 44.6 Å². The Balaban J connectivity index is 1.58. The molecule has 0 radical (unpaired) electrons. The number of carbonyl (C=O) groups is 1. The van der Waals surface area contributed by atoms with Crippen molar-refractivity contribution in [3.63, 3.8) is 0 Å². The van der Waals surface area contributed by atoms with E-state index < -0.39 is 0 Å². The molecule has 0 amide bonds. The summed E-state index contributed by atoms with van der Waals surface area (Å²) in [4.78, 5) is 11.7. The Morgan fingerprint density at radius 3 is 2.38 bits per heavy atom. The highest BCUT2D eigenvalue weighted by Gasteiger charge is 2.65. The van der Waals surface area contributed by atoms with Crippen LogP contribution >= 0.6 is 23.0 Å². The van der Waals surface area contributed by atoms with Crippen molar-refractivity contribution in [2.75, 3.05) is 6.61 Å². The number of ether oxygens (including phenoxy) is 1. The van der Waals surface area contributed by atoms with Gasteiger partial charge in [0.15, 0.2) is 0 Å². The van der Waals surface area contributed by atoms with Crippen molar-refractivity contribution in [3.8, 4) is 0 Å². The van der Waals surface area contributed by atoms with Crippen molar-refractivity contribution in [1.82, 2.24) is 0 Å². The minimum absolute atomic E-state index is 0.0342. The van der Waals surface area contributed by atoms with Crippen molar-refractivity contribution < 1.29 is 17.7 Å². The predicted octanol–water partition coefficient (Wildman–Crippen LogP) is 7.21. The zero-order valence-electron chi connectivity index (χ0n) is 22.4. The van der Waals surface area contributed by atoms with Crippen molar-refractivity contribution in [3.05, 3.63) is 0 Å². The van der Waals surface area contributed by atoms with Crippen LogP contribution in [-0.2, 0) is 12.6 Å². The minimum atomic E-state index is -0.215. The molecular formula is C29H49IO4. The van der Waals surface area contributed by atoms with Crippen molar-refractivity contribution in [2.45, 2.75) is 112 Å². The van der Waals surface area contributed by atoms with E-state index in [4.69, 9.17) is 7.80 Å². The molecule has 4 saturated carbocycles. The Labute approximate surface area is 222 Å². The highest BCUT2D eigenvalue weighted by Crippen LogP contribution is 2.69. The van der Waals surface area contributed by atoms with Gasteiger partial charge in [0, 0.05) is 6.92 Å². The third-order valence-electron chi connectivity index (χ3n) is 12.0. The van der Waals surface area contributed by atoms with Crippen LogP contribution in [-0.4, -0.2) is 29.9 Å². The molecule has 0 aromatic heterocycles.